The van der Waals surface area contributed by atoms with Crippen molar-refractivity contribution < 1.29 is 9.50 Å². The zero-order valence-electron chi connectivity index (χ0n) is 7.06. The normalized spacial score (nSPS) is 10.4. The summed E-state index contributed by atoms with van der Waals surface area (Å²) in [5.74, 6) is -0.254. The highest BCUT2D eigenvalue weighted by Crippen LogP contribution is 2.14. The summed E-state index contributed by atoms with van der Waals surface area (Å²) in [6.45, 7) is 1.18. The van der Waals surface area contributed by atoms with Crippen molar-refractivity contribution in [3.8, 4) is 0 Å². The number of benzene rings is 1. The molecular formula is C9H11BrFNO. The highest BCUT2D eigenvalue weighted by molar-refractivity contribution is 9.10. The van der Waals surface area contributed by atoms with Gasteiger partial charge in [0.25, 0.3) is 0 Å². The van der Waals surface area contributed by atoms with Gasteiger partial charge in [0.15, 0.2) is 0 Å². The summed E-state index contributed by atoms with van der Waals surface area (Å²) in [6, 6.07) is 4.72. The average Bonchev–Trinajstić information content (AvgIpc) is 2.03. The molecule has 1 aromatic carbocycles. The van der Waals surface area contributed by atoms with Crippen molar-refractivity contribution in [1.29, 1.82) is 0 Å². The fraction of sp³-hybridized carbons (Fsp3) is 0.333. The highest BCUT2D eigenvalue weighted by atomic mass is 79.9. The molecule has 13 heavy (non-hydrogen) atoms. The van der Waals surface area contributed by atoms with Gasteiger partial charge in [-0.1, -0.05) is 15.9 Å². The van der Waals surface area contributed by atoms with Gasteiger partial charge in [0.1, 0.15) is 5.82 Å². The number of halogens is 2. The van der Waals surface area contributed by atoms with E-state index in [1.807, 2.05) is 6.07 Å². The molecule has 72 valence electrons. The van der Waals surface area contributed by atoms with Crippen LogP contribution < -0.4 is 5.32 Å². The molecule has 0 amide bonds. The van der Waals surface area contributed by atoms with Gasteiger partial charge in [-0.2, -0.15) is 0 Å². The second-order valence-corrected chi connectivity index (χ2v) is 3.59. The average molecular weight is 248 g/mol. The number of aliphatic hydroxyl groups excluding tert-OH is 1. The molecule has 0 aliphatic carbocycles. The van der Waals surface area contributed by atoms with Crippen molar-refractivity contribution in [2.24, 2.45) is 0 Å². The van der Waals surface area contributed by atoms with E-state index in [4.69, 9.17) is 5.11 Å². The van der Waals surface area contributed by atoms with Crippen molar-refractivity contribution in [3.63, 3.8) is 0 Å². The van der Waals surface area contributed by atoms with Crippen LogP contribution in [0.5, 0.6) is 0 Å². The second-order valence-electron chi connectivity index (χ2n) is 2.68. The van der Waals surface area contributed by atoms with Crippen LogP contribution in [0.25, 0.3) is 0 Å². The maximum absolute atomic E-state index is 12.8. The summed E-state index contributed by atoms with van der Waals surface area (Å²) in [4.78, 5) is 0. The first-order valence-corrected chi connectivity index (χ1v) is 4.78. The molecule has 0 saturated carbocycles. The second kappa shape index (κ2) is 5.32. The van der Waals surface area contributed by atoms with E-state index >= 15 is 0 Å². The molecule has 1 aromatic rings. The highest BCUT2D eigenvalue weighted by Gasteiger charge is 1.97. The zero-order chi connectivity index (χ0) is 9.68. The van der Waals surface area contributed by atoms with E-state index in [1.54, 1.807) is 0 Å². The van der Waals surface area contributed by atoms with Gasteiger partial charge in [-0.05, 0) is 23.8 Å². The van der Waals surface area contributed by atoms with E-state index in [0.29, 0.717) is 13.1 Å². The molecule has 0 atom stereocenters. The minimum atomic E-state index is -0.254. The number of nitrogens with one attached hydrogen (secondary N) is 1. The van der Waals surface area contributed by atoms with Gasteiger partial charge in [-0.25, -0.2) is 4.39 Å². The van der Waals surface area contributed by atoms with Crippen molar-refractivity contribution in [1.82, 2.24) is 5.32 Å². The van der Waals surface area contributed by atoms with Gasteiger partial charge >= 0.3 is 0 Å². The Bertz CT molecular complexity index is 260. The Labute approximate surface area is 84.9 Å². The Hall–Kier alpha value is -0.450. The standard InChI is InChI=1S/C9H11BrFNO/c10-8-3-7(4-9(11)5-8)6-12-1-2-13/h3-5,12-13H,1-2,6H2. The number of hydrogen-bond acceptors (Lipinski definition) is 2. The molecule has 0 heterocycles. The Morgan fingerprint density at radius 3 is 2.77 bits per heavy atom. The molecule has 0 saturated heterocycles. The molecule has 0 bridgehead atoms. The molecular weight excluding hydrogens is 237 g/mol. The van der Waals surface area contributed by atoms with E-state index < -0.39 is 0 Å². The van der Waals surface area contributed by atoms with Crippen LogP contribution in [0.3, 0.4) is 0 Å². The lowest BCUT2D eigenvalue weighted by atomic mass is 10.2. The number of rotatable bonds is 4. The quantitative estimate of drug-likeness (QED) is 0.794. The molecule has 0 spiro atoms. The van der Waals surface area contributed by atoms with Crippen molar-refractivity contribution in [3.05, 3.63) is 34.1 Å². The SMILES string of the molecule is OCCNCc1cc(F)cc(Br)c1. The summed E-state index contributed by atoms with van der Waals surface area (Å²) in [5, 5.41) is 11.5. The molecule has 0 fully saturated rings. The van der Waals surface area contributed by atoms with Gasteiger partial charge in [0.05, 0.1) is 6.61 Å². The van der Waals surface area contributed by atoms with Gasteiger partial charge in [0.2, 0.25) is 0 Å². The van der Waals surface area contributed by atoms with Crippen molar-refractivity contribution in [2.45, 2.75) is 6.54 Å². The van der Waals surface area contributed by atoms with Gasteiger partial charge in [0, 0.05) is 17.6 Å². The molecule has 0 aliphatic heterocycles. The van der Waals surface area contributed by atoms with Crippen LogP contribution in [0.2, 0.25) is 0 Å². The lowest BCUT2D eigenvalue weighted by Crippen LogP contribution is -2.17. The summed E-state index contributed by atoms with van der Waals surface area (Å²) in [7, 11) is 0. The first-order chi connectivity index (χ1) is 6.22. The predicted octanol–water partition coefficient (Wildman–Crippen LogP) is 1.67. The first kappa shape index (κ1) is 10.6. The lowest BCUT2D eigenvalue weighted by molar-refractivity contribution is 0.292. The zero-order valence-corrected chi connectivity index (χ0v) is 8.64. The Morgan fingerprint density at radius 1 is 1.38 bits per heavy atom. The molecule has 0 unspecified atom stereocenters. The molecule has 1 rings (SSSR count). The third-order valence-corrected chi connectivity index (χ3v) is 2.00. The van der Waals surface area contributed by atoms with Crippen LogP contribution in [0.4, 0.5) is 4.39 Å². The molecule has 2 N–H and O–H groups in total. The Kier molecular flexibility index (Phi) is 4.35. The predicted molar refractivity (Wildman–Crippen MR) is 52.9 cm³/mol. The van der Waals surface area contributed by atoms with Gasteiger partial charge < -0.3 is 10.4 Å². The molecule has 2 nitrogen and oxygen atoms in total. The fourth-order valence-corrected chi connectivity index (χ4v) is 1.54. The van der Waals surface area contributed by atoms with Crippen LogP contribution in [-0.4, -0.2) is 18.3 Å². The van der Waals surface area contributed by atoms with Crippen LogP contribution in [0.15, 0.2) is 22.7 Å². The van der Waals surface area contributed by atoms with Crippen LogP contribution >= 0.6 is 15.9 Å². The lowest BCUT2D eigenvalue weighted by Gasteiger charge is -2.03. The van der Waals surface area contributed by atoms with E-state index in [2.05, 4.69) is 21.2 Å². The topological polar surface area (TPSA) is 32.3 Å². The summed E-state index contributed by atoms with van der Waals surface area (Å²) in [5.41, 5.74) is 0.861. The third-order valence-electron chi connectivity index (χ3n) is 1.54. The van der Waals surface area contributed by atoms with E-state index in [1.165, 1.54) is 12.1 Å². The molecule has 4 heteroatoms. The van der Waals surface area contributed by atoms with Crippen LogP contribution in [0, 0.1) is 5.82 Å². The van der Waals surface area contributed by atoms with Gasteiger partial charge in [-0.3, -0.25) is 0 Å². The van der Waals surface area contributed by atoms with E-state index in [-0.39, 0.29) is 12.4 Å². The number of hydrogen-bond donors (Lipinski definition) is 2. The first-order valence-electron chi connectivity index (χ1n) is 3.99. The van der Waals surface area contributed by atoms with E-state index in [0.717, 1.165) is 10.0 Å². The van der Waals surface area contributed by atoms with Crippen molar-refractivity contribution >= 4 is 15.9 Å². The smallest absolute Gasteiger partial charge is 0.124 e. The van der Waals surface area contributed by atoms with E-state index in [9.17, 15) is 4.39 Å². The minimum Gasteiger partial charge on any atom is -0.395 e. The maximum atomic E-state index is 12.8. The van der Waals surface area contributed by atoms with Gasteiger partial charge in [-0.15, -0.1) is 0 Å². The number of aliphatic hydroxyl groups is 1. The summed E-state index contributed by atoms with van der Waals surface area (Å²) < 4.78 is 13.6. The molecule has 0 radical (unpaired) electrons. The fourth-order valence-electron chi connectivity index (χ4n) is 1.02. The third kappa shape index (κ3) is 3.85. The Balaban J connectivity index is 2.56. The monoisotopic (exact) mass is 247 g/mol. The molecule has 0 aliphatic rings. The molecule has 0 aromatic heterocycles. The summed E-state index contributed by atoms with van der Waals surface area (Å²) >= 11 is 3.20. The van der Waals surface area contributed by atoms with Crippen LogP contribution in [-0.2, 0) is 6.54 Å². The Morgan fingerprint density at radius 2 is 2.15 bits per heavy atom. The summed E-state index contributed by atoms with van der Waals surface area (Å²) in [6.07, 6.45) is 0. The minimum absolute atomic E-state index is 0.0937. The van der Waals surface area contributed by atoms with Crippen LogP contribution in [0.1, 0.15) is 5.56 Å². The maximum Gasteiger partial charge on any atom is 0.124 e. The van der Waals surface area contributed by atoms with Crippen molar-refractivity contribution in [2.75, 3.05) is 13.2 Å². The largest absolute Gasteiger partial charge is 0.395 e.